The van der Waals surface area contributed by atoms with E-state index in [-0.39, 0.29) is 17.2 Å². The second-order valence-corrected chi connectivity index (χ2v) is 4.67. The normalized spacial score (nSPS) is 15.4. The molecule has 0 atom stereocenters. The molecule has 0 radical (unpaired) electrons. The van der Waals surface area contributed by atoms with E-state index in [9.17, 15) is 20.0 Å². The molecule has 0 bridgehead atoms. The maximum absolute atomic E-state index is 11.9. The van der Waals surface area contributed by atoms with Crippen LogP contribution >= 0.6 is 0 Å². The number of hydrogen-bond donors (Lipinski definition) is 1. The monoisotopic (exact) mass is 310 g/mol. The first-order chi connectivity index (χ1) is 11.1. The van der Waals surface area contributed by atoms with Gasteiger partial charge >= 0.3 is 11.7 Å². The summed E-state index contributed by atoms with van der Waals surface area (Å²) in [5, 5.41) is 20.7. The molecule has 0 saturated carbocycles. The maximum atomic E-state index is 11.9. The van der Waals surface area contributed by atoms with Crippen LogP contribution in [-0.4, -0.2) is 21.9 Å². The zero-order chi connectivity index (χ0) is 16.4. The molecule has 0 spiro atoms. The fourth-order valence-corrected chi connectivity index (χ4v) is 2.07. The van der Waals surface area contributed by atoms with Crippen molar-refractivity contribution in [3.8, 4) is 5.75 Å². The van der Waals surface area contributed by atoms with Gasteiger partial charge in [0, 0.05) is 17.2 Å². The highest BCUT2D eigenvalue weighted by Crippen LogP contribution is 2.31. The maximum Gasteiger partial charge on any atom is 0.363 e. The number of aromatic hydroxyl groups is 1. The highest BCUT2D eigenvalue weighted by atomic mass is 16.6. The summed E-state index contributed by atoms with van der Waals surface area (Å²) in [6.45, 7) is 0. The van der Waals surface area contributed by atoms with Gasteiger partial charge in [-0.3, -0.25) is 10.1 Å². The standard InChI is InChI=1S/C16H10N2O5/c19-14-11(7-4-8-13(14)18(21)22)9-12-16(20)23-15(17-12)10-5-2-1-3-6-10/h1-9,19H/b12-9+. The fourth-order valence-electron chi connectivity index (χ4n) is 2.07. The molecule has 3 rings (SSSR count). The first-order valence-corrected chi connectivity index (χ1v) is 6.60. The summed E-state index contributed by atoms with van der Waals surface area (Å²) in [6.07, 6.45) is 1.25. The first kappa shape index (κ1) is 14.5. The molecule has 7 nitrogen and oxygen atoms in total. The fraction of sp³-hybridized carbons (Fsp3) is 0. The average molecular weight is 310 g/mol. The predicted molar refractivity (Wildman–Crippen MR) is 81.8 cm³/mol. The van der Waals surface area contributed by atoms with Crippen LogP contribution in [0.3, 0.4) is 0 Å². The van der Waals surface area contributed by atoms with Crippen LogP contribution in [0.15, 0.2) is 59.2 Å². The number of carbonyl (C=O) groups excluding carboxylic acids is 1. The molecule has 0 amide bonds. The van der Waals surface area contributed by atoms with Crippen molar-refractivity contribution in [2.45, 2.75) is 0 Å². The lowest BCUT2D eigenvalue weighted by Gasteiger charge is -2.00. The Bertz CT molecular complexity index is 856. The molecular formula is C16H10N2O5. The third-order valence-electron chi connectivity index (χ3n) is 3.18. The van der Waals surface area contributed by atoms with Crippen molar-refractivity contribution >= 4 is 23.6 Å². The number of nitro groups is 1. The number of phenolic OH excluding ortho intramolecular Hbond substituents is 1. The van der Waals surface area contributed by atoms with Gasteiger partial charge in [-0.1, -0.05) is 30.3 Å². The van der Waals surface area contributed by atoms with Crippen LogP contribution in [0.4, 0.5) is 5.69 Å². The minimum absolute atomic E-state index is 0.0420. The zero-order valence-electron chi connectivity index (χ0n) is 11.7. The molecule has 2 aromatic carbocycles. The lowest BCUT2D eigenvalue weighted by Crippen LogP contribution is -2.04. The van der Waals surface area contributed by atoms with Crippen LogP contribution in [0, 0.1) is 10.1 Å². The van der Waals surface area contributed by atoms with Gasteiger partial charge in [-0.2, -0.15) is 0 Å². The van der Waals surface area contributed by atoms with Gasteiger partial charge in [0.05, 0.1) is 4.92 Å². The molecule has 7 heteroatoms. The van der Waals surface area contributed by atoms with Crippen LogP contribution in [0.5, 0.6) is 5.75 Å². The molecule has 0 fully saturated rings. The molecule has 1 aliphatic heterocycles. The largest absolute Gasteiger partial charge is 0.502 e. The smallest absolute Gasteiger partial charge is 0.363 e. The first-order valence-electron chi connectivity index (χ1n) is 6.60. The molecule has 114 valence electrons. The molecule has 0 saturated heterocycles. The summed E-state index contributed by atoms with van der Waals surface area (Å²) in [7, 11) is 0. The van der Waals surface area contributed by atoms with Gasteiger partial charge in [0.25, 0.3) is 0 Å². The van der Waals surface area contributed by atoms with E-state index in [0.717, 1.165) is 0 Å². The molecular weight excluding hydrogens is 300 g/mol. The van der Waals surface area contributed by atoms with Gasteiger partial charge in [0.2, 0.25) is 11.6 Å². The second-order valence-electron chi connectivity index (χ2n) is 4.67. The van der Waals surface area contributed by atoms with Gasteiger partial charge in [-0.25, -0.2) is 9.79 Å². The molecule has 1 heterocycles. The molecule has 23 heavy (non-hydrogen) atoms. The highest BCUT2D eigenvalue weighted by Gasteiger charge is 2.25. The predicted octanol–water partition coefficient (Wildman–Crippen LogP) is 2.64. The van der Waals surface area contributed by atoms with E-state index in [1.165, 1.54) is 24.3 Å². The van der Waals surface area contributed by atoms with E-state index in [1.807, 2.05) is 6.07 Å². The molecule has 0 aromatic heterocycles. The van der Waals surface area contributed by atoms with Gasteiger partial charge in [-0.15, -0.1) is 0 Å². The lowest BCUT2D eigenvalue weighted by atomic mass is 10.1. The molecule has 1 N–H and O–H groups in total. The van der Waals surface area contributed by atoms with E-state index < -0.39 is 22.3 Å². The summed E-state index contributed by atoms with van der Waals surface area (Å²) in [5.41, 5.74) is 0.259. The van der Waals surface area contributed by atoms with Gasteiger partial charge in [0.1, 0.15) is 0 Å². The van der Waals surface area contributed by atoms with E-state index in [2.05, 4.69) is 4.99 Å². The topological polar surface area (TPSA) is 102 Å². The number of benzene rings is 2. The van der Waals surface area contributed by atoms with Crippen molar-refractivity contribution in [3.05, 3.63) is 75.5 Å². The van der Waals surface area contributed by atoms with Crippen molar-refractivity contribution in [3.63, 3.8) is 0 Å². The SMILES string of the molecule is O=C1OC(c2ccccc2)=N/C1=C/c1cccc([N+](=O)[O-])c1O. The Kier molecular flexibility index (Phi) is 3.60. The van der Waals surface area contributed by atoms with Gasteiger partial charge in [-0.05, 0) is 18.2 Å². The van der Waals surface area contributed by atoms with Crippen molar-refractivity contribution < 1.29 is 19.6 Å². The number of hydrogen-bond acceptors (Lipinski definition) is 6. The van der Waals surface area contributed by atoms with Crippen LogP contribution in [0.25, 0.3) is 6.08 Å². The number of carbonyl (C=O) groups is 1. The Balaban J connectivity index is 2.00. The average Bonchev–Trinajstić information content (AvgIpc) is 2.91. The zero-order valence-corrected chi connectivity index (χ0v) is 11.7. The molecule has 2 aromatic rings. The van der Waals surface area contributed by atoms with Crippen molar-refractivity contribution in [1.29, 1.82) is 0 Å². The Morgan fingerprint density at radius 3 is 2.57 bits per heavy atom. The Labute approximate surface area is 130 Å². The number of nitrogens with zero attached hydrogens (tertiary/aromatic N) is 2. The molecule has 0 unspecified atom stereocenters. The van der Waals surface area contributed by atoms with E-state index in [1.54, 1.807) is 24.3 Å². The number of nitro benzene ring substituents is 1. The quantitative estimate of drug-likeness (QED) is 0.406. The second kappa shape index (κ2) is 5.72. The number of ether oxygens (including phenoxy) is 1. The number of aliphatic imine (C=N–C) groups is 1. The minimum atomic E-state index is -0.705. The van der Waals surface area contributed by atoms with E-state index in [4.69, 9.17) is 4.74 Å². The Morgan fingerprint density at radius 2 is 1.87 bits per heavy atom. The summed E-state index contributed by atoms with van der Waals surface area (Å²) in [4.78, 5) is 26.1. The number of cyclic esters (lactones) is 1. The molecule has 0 aliphatic carbocycles. The highest BCUT2D eigenvalue weighted by molar-refractivity contribution is 6.12. The van der Waals surface area contributed by atoms with Crippen LogP contribution in [0.1, 0.15) is 11.1 Å². The number of phenols is 1. The summed E-state index contributed by atoms with van der Waals surface area (Å²) in [6, 6.07) is 12.9. The third-order valence-corrected chi connectivity index (χ3v) is 3.18. The van der Waals surface area contributed by atoms with Crippen LogP contribution < -0.4 is 0 Å². The third kappa shape index (κ3) is 2.80. The summed E-state index contributed by atoms with van der Waals surface area (Å²) >= 11 is 0. The van der Waals surface area contributed by atoms with Crippen molar-refractivity contribution in [2.75, 3.05) is 0 Å². The van der Waals surface area contributed by atoms with Gasteiger partial charge in [0.15, 0.2) is 5.70 Å². The Hall–Kier alpha value is -3.48. The van der Waals surface area contributed by atoms with E-state index in [0.29, 0.717) is 5.56 Å². The summed E-state index contributed by atoms with van der Waals surface area (Å²) < 4.78 is 5.08. The van der Waals surface area contributed by atoms with Crippen LogP contribution in [0.2, 0.25) is 0 Å². The van der Waals surface area contributed by atoms with E-state index >= 15 is 0 Å². The number of rotatable bonds is 3. The number of para-hydroxylation sites is 1. The molecule has 1 aliphatic rings. The van der Waals surface area contributed by atoms with Crippen LogP contribution in [-0.2, 0) is 9.53 Å². The summed E-state index contributed by atoms with van der Waals surface area (Å²) in [5.74, 6) is -1.07. The minimum Gasteiger partial charge on any atom is -0.502 e. The lowest BCUT2D eigenvalue weighted by molar-refractivity contribution is -0.385. The van der Waals surface area contributed by atoms with Gasteiger partial charge < -0.3 is 9.84 Å². The van der Waals surface area contributed by atoms with Crippen molar-refractivity contribution in [1.82, 2.24) is 0 Å². The number of esters is 1. The van der Waals surface area contributed by atoms with Crippen molar-refractivity contribution in [2.24, 2.45) is 4.99 Å². The Morgan fingerprint density at radius 1 is 1.13 bits per heavy atom.